The second-order valence-corrected chi connectivity index (χ2v) is 3.90. The molecule has 2 heterocycles. The molecule has 18 heavy (non-hydrogen) atoms. The van der Waals surface area contributed by atoms with Crippen LogP contribution in [0.4, 0.5) is 5.69 Å². The van der Waals surface area contributed by atoms with Crippen LogP contribution in [-0.2, 0) is 4.79 Å². The molecule has 0 bridgehead atoms. The van der Waals surface area contributed by atoms with Gasteiger partial charge in [-0.2, -0.15) is 0 Å². The maximum Gasteiger partial charge on any atom is 0.278 e. The normalized spacial score (nSPS) is 15.6. The van der Waals surface area contributed by atoms with Gasteiger partial charge in [-0.3, -0.25) is 9.78 Å². The number of amides is 1. The second-order valence-electron chi connectivity index (χ2n) is 3.90. The van der Waals surface area contributed by atoms with Crippen LogP contribution in [0.25, 0.3) is 11.1 Å². The Morgan fingerprint density at radius 2 is 1.89 bits per heavy atom. The molecule has 88 valence electrons. The number of anilines is 1. The summed E-state index contributed by atoms with van der Waals surface area (Å²) in [4.78, 5) is 15.5. The van der Waals surface area contributed by atoms with Crippen molar-refractivity contribution in [1.82, 2.24) is 4.98 Å². The molecule has 3 rings (SSSR count). The number of fused-ring (bicyclic) bond motifs is 1. The van der Waals surface area contributed by atoms with Gasteiger partial charge in [0, 0.05) is 18.0 Å². The van der Waals surface area contributed by atoms with Gasteiger partial charge in [0.05, 0.1) is 5.69 Å². The molecule has 1 amide bonds. The molecule has 2 aromatic rings. The van der Waals surface area contributed by atoms with E-state index in [1.54, 1.807) is 18.5 Å². The van der Waals surface area contributed by atoms with Crippen LogP contribution in [-0.4, -0.2) is 21.8 Å². The first-order valence-corrected chi connectivity index (χ1v) is 5.38. The van der Waals surface area contributed by atoms with Gasteiger partial charge in [0.2, 0.25) is 0 Å². The first-order valence-electron chi connectivity index (χ1n) is 5.38. The quantitative estimate of drug-likeness (QED) is 0.589. The van der Waals surface area contributed by atoms with Gasteiger partial charge in [-0.1, -0.05) is 11.2 Å². The molecule has 0 fully saturated rings. The molecular formula is C13H9N3O2. The fourth-order valence-corrected chi connectivity index (χ4v) is 1.98. The molecule has 0 aliphatic carbocycles. The van der Waals surface area contributed by atoms with E-state index in [2.05, 4.69) is 15.5 Å². The lowest BCUT2D eigenvalue weighted by Gasteiger charge is -2.03. The Morgan fingerprint density at radius 1 is 1.11 bits per heavy atom. The fraction of sp³-hybridized carbons (Fsp3) is 0. The topological polar surface area (TPSA) is 74.6 Å². The largest absolute Gasteiger partial charge is 0.410 e. The number of hydrogen-bond donors (Lipinski definition) is 2. The lowest BCUT2D eigenvalue weighted by molar-refractivity contribution is -0.110. The second kappa shape index (κ2) is 3.96. The molecule has 1 aliphatic rings. The minimum atomic E-state index is -0.389. The van der Waals surface area contributed by atoms with Crippen molar-refractivity contribution in [2.45, 2.75) is 0 Å². The summed E-state index contributed by atoms with van der Waals surface area (Å²) in [5, 5.41) is 14.5. The maximum atomic E-state index is 11.5. The monoisotopic (exact) mass is 239 g/mol. The average molecular weight is 239 g/mol. The molecule has 1 aromatic carbocycles. The Balaban J connectivity index is 2.13. The molecule has 0 radical (unpaired) electrons. The molecule has 0 saturated carbocycles. The molecule has 0 spiro atoms. The Morgan fingerprint density at radius 3 is 2.61 bits per heavy atom. The highest BCUT2D eigenvalue weighted by molar-refractivity contribution is 6.53. The van der Waals surface area contributed by atoms with Crippen molar-refractivity contribution in [3.63, 3.8) is 0 Å². The van der Waals surface area contributed by atoms with Crippen LogP contribution in [0.5, 0.6) is 0 Å². The summed E-state index contributed by atoms with van der Waals surface area (Å²) >= 11 is 0. The van der Waals surface area contributed by atoms with Crippen molar-refractivity contribution >= 4 is 17.3 Å². The number of benzene rings is 1. The minimum absolute atomic E-state index is 0.0425. The average Bonchev–Trinajstić information content (AvgIpc) is 2.74. The highest BCUT2D eigenvalue weighted by Gasteiger charge is 2.26. The van der Waals surface area contributed by atoms with E-state index in [1.807, 2.05) is 24.3 Å². The number of oxime groups is 1. The number of nitrogens with zero attached hydrogens (tertiary/aromatic N) is 2. The van der Waals surface area contributed by atoms with Crippen molar-refractivity contribution in [1.29, 1.82) is 0 Å². The van der Waals surface area contributed by atoms with Crippen molar-refractivity contribution < 1.29 is 10.0 Å². The van der Waals surface area contributed by atoms with Gasteiger partial charge >= 0.3 is 0 Å². The minimum Gasteiger partial charge on any atom is -0.410 e. The van der Waals surface area contributed by atoms with Gasteiger partial charge in [-0.25, -0.2) is 0 Å². The third-order valence-electron chi connectivity index (χ3n) is 2.85. The summed E-state index contributed by atoms with van der Waals surface area (Å²) in [6, 6.07) is 9.26. The molecule has 5 nitrogen and oxygen atoms in total. The number of pyridine rings is 1. The van der Waals surface area contributed by atoms with E-state index in [0.717, 1.165) is 11.1 Å². The molecule has 1 aliphatic heterocycles. The smallest absolute Gasteiger partial charge is 0.278 e. The summed E-state index contributed by atoms with van der Waals surface area (Å²) in [6.45, 7) is 0. The van der Waals surface area contributed by atoms with Crippen LogP contribution in [0.15, 0.2) is 47.9 Å². The third kappa shape index (κ3) is 1.53. The molecular weight excluding hydrogens is 230 g/mol. The predicted octanol–water partition coefficient (Wildman–Crippen LogP) is 1.88. The summed E-state index contributed by atoms with van der Waals surface area (Å²) in [6.07, 6.45) is 3.40. The standard InChI is InChI=1S/C13H9N3O2/c17-13-12(16-18)10-7-9(1-2-11(10)15-13)8-3-5-14-6-4-8/h1-7,18H,(H,15,16,17). The summed E-state index contributed by atoms with van der Waals surface area (Å²) in [5.41, 5.74) is 3.24. The first kappa shape index (κ1) is 10.5. The van der Waals surface area contributed by atoms with Crippen molar-refractivity contribution in [3.05, 3.63) is 48.3 Å². The van der Waals surface area contributed by atoms with Gasteiger partial charge in [-0.15, -0.1) is 0 Å². The Kier molecular flexibility index (Phi) is 2.30. The predicted molar refractivity (Wildman–Crippen MR) is 66.6 cm³/mol. The molecule has 0 unspecified atom stereocenters. The number of hydrogen-bond acceptors (Lipinski definition) is 4. The number of rotatable bonds is 1. The van der Waals surface area contributed by atoms with Crippen LogP contribution in [0.3, 0.4) is 0 Å². The van der Waals surface area contributed by atoms with E-state index in [9.17, 15) is 4.79 Å². The zero-order valence-electron chi connectivity index (χ0n) is 9.29. The highest BCUT2D eigenvalue weighted by Crippen LogP contribution is 2.29. The Hall–Kier alpha value is -2.69. The Bertz CT molecular complexity index is 651. The van der Waals surface area contributed by atoms with Crippen molar-refractivity contribution in [3.8, 4) is 11.1 Å². The molecule has 5 heteroatoms. The molecule has 0 saturated heterocycles. The van der Waals surface area contributed by atoms with Crippen LogP contribution >= 0.6 is 0 Å². The van der Waals surface area contributed by atoms with Crippen LogP contribution in [0.2, 0.25) is 0 Å². The van der Waals surface area contributed by atoms with Crippen molar-refractivity contribution in [2.24, 2.45) is 5.16 Å². The molecule has 2 N–H and O–H groups in total. The van der Waals surface area contributed by atoms with E-state index in [1.165, 1.54) is 0 Å². The van der Waals surface area contributed by atoms with Crippen LogP contribution in [0, 0.1) is 0 Å². The van der Waals surface area contributed by atoms with E-state index in [0.29, 0.717) is 11.3 Å². The van der Waals surface area contributed by atoms with Crippen LogP contribution in [0.1, 0.15) is 5.56 Å². The first-order chi connectivity index (χ1) is 8.79. The zero-order valence-corrected chi connectivity index (χ0v) is 9.29. The van der Waals surface area contributed by atoms with E-state index >= 15 is 0 Å². The third-order valence-corrected chi connectivity index (χ3v) is 2.85. The maximum absolute atomic E-state index is 11.5. The van der Waals surface area contributed by atoms with E-state index in [4.69, 9.17) is 5.21 Å². The number of nitrogens with one attached hydrogen (secondary N) is 1. The summed E-state index contributed by atoms with van der Waals surface area (Å²) < 4.78 is 0. The molecule has 1 aromatic heterocycles. The van der Waals surface area contributed by atoms with Gasteiger partial charge in [0.25, 0.3) is 5.91 Å². The molecule has 0 atom stereocenters. The van der Waals surface area contributed by atoms with E-state index in [-0.39, 0.29) is 11.6 Å². The lowest BCUT2D eigenvalue weighted by atomic mass is 10.0. The van der Waals surface area contributed by atoms with E-state index < -0.39 is 0 Å². The van der Waals surface area contributed by atoms with Crippen molar-refractivity contribution in [2.75, 3.05) is 5.32 Å². The number of aromatic nitrogens is 1. The Labute approximate surface area is 103 Å². The lowest BCUT2D eigenvalue weighted by Crippen LogP contribution is -2.13. The number of carbonyl (C=O) groups excluding carboxylic acids is 1. The van der Waals surface area contributed by atoms with Gasteiger partial charge < -0.3 is 10.5 Å². The fourth-order valence-electron chi connectivity index (χ4n) is 1.98. The SMILES string of the molecule is O=C1Nc2ccc(-c3ccncc3)cc2C1=NO. The van der Waals surface area contributed by atoms with Gasteiger partial charge in [0.15, 0.2) is 5.71 Å². The zero-order chi connectivity index (χ0) is 12.5. The van der Waals surface area contributed by atoms with Gasteiger partial charge in [-0.05, 0) is 35.4 Å². The van der Waals surface area contributed by atoms with Gasteiger partial charge in [0.1, 0.15) is 0 Å². The summed E-state index contributed by atoms with van der Waals surface area (Å²) in [5.74, 6) is -0.389. The highest BCUT2D eigenvalue weighted by atomic mass is 16.4. The van der Waals surface area contributed by atoms with Crippen LogP contribution < -0.4 is 5.32 Å². The summed E-state index contributed by atoms with van der Waals surface area (Å²) in [7, 11) is 0. The number of carbonyl (C=O) groups is 1.